The number of anilines is 1. The molecular formula is C13H15N3O4S. The average molecular weight is 309 g/mol. The summed E-state index contributed by atoms with van der Waals surface area (Å²) in [6.07, 6.45) is 3.42. The molecule has 112 valence electrons. The predicted octanol–water partition coefficient (Wildman–Crippen LogP) is 1.04. The lowest BCUT2D eigenvalue weighted by Crippen LogP contribution is -2.14. The summed E-state index contributed by atoms with van der Waals surface area (Å²) in [4.78, 5) is 7.70. The summed E-state index contributed by atoms with van der Waals surface area (Å²) in [5.41, 5.74) is 0. The van der Waals surface area contributed by atoms with Gasteiger partial charge in [0, 0.05) is 25.4 Å². The Hall–Kier alpha value is -2.19. The molecule has 1 heterocycles. The van der Waals surface area contributed by atoms with Crippen LogP contribution in [0.1, 0.15) is 6.42 Å². The summed E-state index contributed by atoms with van der Waals surface area (Å²) in [7, 11) is -3.73. The number of sulfonamides is 1. The van der Waals surface area contributed by atoms with Crippen molar-refractivity contribution < 1.29 is 18.3 Å². The SMILES string of the molecule is O=S(=O)(Nc1ncccn1)c1ccc(OCCCO)cc1. The number of hydrogen-bond acceptors (Lipinski definition) is 6. The first-order chi connectivity index (χ1) is 10.1. The number of aliphatic hydroxyl groups excluding tert-OH is 1. The zero-order valence-electron chi connectivity index (χ0n) is 11.1. The van der Waals surface area contributed by atoms with Gasteiger partial charge in [-0.25, -0.2) is 23.1 Å². The van der Waals surface area contributed by atoms with E-state index in [1.165, 1.54) is 24.5 Å². The molecule has 0 bridgehead atoms. The van der Waals surface area contributed by atoms with Gasteiger partial charge in [-0.2, -0.15) is 0 Å². The van der Waals surface area contributed by atoms with Crippen LogP contribution in [-0.2, 0) is 10.0 Å². The molecule has 21 heavy (non-hydrogen) atoms. The molecule has 2 N–H and O–H groups in total. The summed E-state index contributed by atoms with van der Waals surface area (Å²) < 4.78 is 31.8. The van der Waals surface area contributed by atoms with Crippen molar-refractivity contribution in [3.05, 3.63) is 42.7 Å². The smallest absolute Gasteiger partial charge is 0.264 e. The van der Waals surface area contributed by atoms with E-state index in [1.54, 1.807) is 18.2 Å². The van der Waals surface area contributed by atoms with Gasteiger partial charge in [-0.05, 0) is 30.3 Å². The minimum absolute atomic E-state index is 0.0146. The Bertz CT molecular complexity index is 660. The third-order valence-electron chi connectivity index (χ3n) is 2.50. The molecule has 0 unspecified atom stereocenters. The molecule has 0 aliphatic rings. The van der Waals surface area contributed by atoms with Crippen LogP contribution in [0.5, 0.6) is 5.75 Å². The third-order valence-corrected chi connectivity index (χ3v) is 3.84. The highest BCUT2D eigenvalue weighted by atomic mass is 32.2. The monoisotopic (exact) mass is 309 g/mol. The van der Waals surface area contributed by atoms with Crippen LogP contribution in [-0.4, -0.2) is 36.7 Å². The standard InChI is InChI=1S/C13H15N3O4S/c17-9-2-10-20-11-3-5-12(6-4-11)21(18,19)16-13-14-7-1-8-15-13/h1,3-8,17H,2,9-10H2,(H,14,15,16). The summed E-state index contributed by atoms with van der Waals surface area (Å²) in [6.45, 7) is 0.423. The van der Waals surface area contributed by atoms with Crippen molar-refractivity contribution in [1.82, 2.24) is 9.97 Å². The molecular weight excluding hydrogens is 294 g/mol. The van der Waals surface area contributed by atoms with Crippen LogP contribution in [0.25, 0.3) is 0 Å². The maximum atomic E-state index is 12.1. The topological polar surface area (TPSA) is 101 Å². The summed E-state index contributed by atoms with van der Waals surface area (Å²) >= 11 is 0. The largest absolute Gasteiger partial charge is 0.494 e. The number of nitrogens with zero attached hydrogens (tertiary/aromatic N) is 2. The molecule has 0 amide bonds. The Kier molecular flexibility index (Phi) is 5.07. The van der Waals surface area contributed by atoms with Crippen molar-refractivity contribution in [2.45, 2.75) is 11.3 Å². The van der Waals surface area contributed by atoms with E-state index < -0.39 is 10.0 Å². The maximum Gasteiger partial charge on any atom is 0.264 e. The molecule has 0 atom stereocenters. The van der Waals surface area contributed by atoms with Gasteiger partial charge in [0.1, 0.15) is 5.75 Å². The van der Waals surface area contributed by atoms with Crippen LogP contribution in [0.4, 0.5) is 5.95 Å². The highest BCUT2D eigenvalue weighted by Gasteiger charge is 2.15. The van der Waals surface area contributed by atoms with Gasteiger partial charge in [0.25, 0.3) is 10.0 Å². The zero-order valence-corrected chi connectivity index (χ0v) is 12.0. The van der Waals surface area contributed by atoms with E-state index in [2.05, 4.69) is 14.7 Å². The van der Waals surface area contributed by atoms with Gasteiger partial charge in [-0.1, -0.05) is 0 Å². The Labute approximate surface area is 122 Å². The van der Waals surface area contributed by atoms with Crippen LogP contribution in [0.15, 0.2) is 47.6 Å². The Morgan fingerprint density at radius 3 is 2.43 bits per heavy atom. The molecule has 2 rings (SSSR count). The van der Waals surface area contributed by atoms with Gasteiger partial charge >= 0.3 is 0 Å². The fourth-order valence-corrected chi connectivity index (χ4v) is 2.46. The molecule has 0 saturated heterocycles. The lowest BCUT2D eigenvalue weighted by Gasteiger charge is -2.08. The molecule has 7 nitrogen and oxygen atoms in total. The third kappa shape index (κ3) is 4.40. The van der Waals surface area contributed by atoms with Gasteiger partial charge in [0.2, 0.25) is 5.95 Å². The van der Waals surface area contributed by atoms with Crippen LogP contribution < -0.4 is 9.46 Å². The minimum Gasteiger partial charge on any atom is -0.494 e. The lowest BCUT2D eigenvalue weighted by atomic mass is 10.3. The van der Waals surface area contributed by atoms with E-state index in [-0.39, 0.29) is 17.5 Å². The van der Waals surface area contributed by atoms with Crippen molar-refractivity contribution >= 4 is 16.0 Å². The number of rotatable bonds is 7. The number of aliphatic hydroxyl groups is 1. The quantitative estimate of drug-likeness (QED) is 0.741. The van der Waals surface area contributed by atoms with E-state index in [4.69, 9.17) is 9.84 Å². The van der Waals surface area contributed by atoms with Gasteiger partial charge in [0.05, 0.1) is 11.5 Å². The summed E-state index contributed by atoms with van der Waals surface area (Å²) in [5.74, 6) is 0.555. The molecule has 0 saturated carbocycles. The highest BCUT2D eigenvalue weighted by molar-refractivity contribution is 7.92. The van der Waals surface area contributed by atoms with Crippen molar-refractivity contribution in [3.8, 4) is 5.75 Å². The molecule has 2 aromatic rings. The van der Waals surface area contributed by atoms with Crippen LogP contribution >= 0.6 is 0 Å². The van der Waals surface area contributed by atoms with Crippen molar-refractivity contribution in [1.29, 1.82) is 0 Å². The van der Waals surface area contributed by atoms with E-state index in [0.717, 1.165) is 0 Å². The molecule has 0 radical (unpaired) electrons. The second kappa shape index (κ2) is 7.00. The van der Waals surface area contributed by atoms with Gasteiger partial charge in [-0.3, -0.25) is 0 Å². The Morgan fingerprint density at radius 2 is 1.81 bits per heavy atom. The van der Waals surface area contributed by atoms with Crippen LogP contribution in [0.3, 0.4) is 0 Å². The van der Waals surface area contributed by atoms with Crippen molar-refractivity contribution in [2.75, 3.05) is 17.9 Å². The second-order valence-electron chi connectivity index (χ2n) is 4.07. The normalized spacial score (nSPS) is 11.1. The molecule has 0 aliphatic carbocycles. The Balaban J connectivity index is 2.06. The molecule has 0 spiro atoms. The maximum absolute atomic E-state index is 12.1. The first-order valence-electron chi connectivity index (χ1n) is 6.25. The fraction of sp³-hybridized carbons (Fsp3) is 0.231. The first kappa shape index (κ1) is 15.2. The van der Waals surface area contributed by atoms with Gasteiger partial charge < -0.3 is 9.84 Å². The van der Waals surface area contributed by atoms with E-state index in [0.29, 0.717) is 18.8 Å². The Morgan fingerprint density at radius 1 is 1.14 bits per heavy atom. The van der Waals surface area contributed by atoms with Crippen LogP contribution in [0.2, 0.25) is 0 Å². The van der Waals surface area contributed by atoms with Gasteiger partial charge in [0.15, 0.2) is 0 Å². The number of nitrogens with one attached hydrogen (secondary N) is 1. The zero-order chi connectivity index (χ0) is 15.1. The number of hydrogen-bond donors (Lipinski definition) is 2. The number of aromatic nitrogens is 2. The molecule has 8 heteroatoms. The fourth-order valence-electron chi connectivity index (χ4n) is 1.50. The average Bonchev–Trinajstić information content (AvgIpc) is 2.49. The summed E-state index contributed by atoms with van der Waals surface area (Å²) in [6, 6.07) is 7.56. The lowest BCUT2D eigenvalue weighted by molar-refractivity contribution is 0.233. The number of ether oxygens (including phenoxy) is 1. The molecule has 1 aromatic carbocycles. The van der Waals surface area contributed by atoms with Crippen LogP contribution in [0, 0.1) is 0 Å². The molecule has 0 aliphatic heterocycles. The van der Waals surface area contributed by atoms with E-state index >= 15 is 0 Å². The minimum atomic E-state index is -3.73. The molecule has 1 aromatic heterocycles. The molecule has 0 fully saturated rings. The van der Waals surface area contributed by atoms with E-state index in [1.807, 2.05) is 0 Å². The highest BCUT2D eigenvalue weighted by Crippen LogP contribution is 2.17. The van der Waals surface area contributed by atoms with Crippen molar-refractivity contribution in [3.63, 3.8) is 0 Å². The first-order valence-corrected chi connectivity index (χ1v) is 7.74. The summed E-state index contributed by atoms with van der Waals surface area (Å²) in [5, 5.41) is 8.66. The van der Waals surface area contributed by atoms with Gasteiger partial charge in [-0.15, -0.1) is 0 Å². The second-order valence-corrected chi connectivity index (χ2v) is 5.76. The number of benzene rings is 1. The van der Waals surface area contributed by atoms with Crippen molar-refractivity contribution in [2.24, 2.45) is 0 Å². The predicted molar refractivity (Wildman–Crippen MR) is 76.5 cm³/mol. The van der Waals surface area contributed by atoms with E-state index in [9.17, 15) is 8.42 Å².